The molecule has 2 aromatic heterocycles. The minimum Gasteiger partial charge on any atom is -0.355 e. The van der Waals surface area contributed by atoms with Crippen molar-refractivity contribution in [2.24, 2.45) is 13.0 Å². The van der Waals surface area contributed by atoms with Crippen LogP contribution in [0.5, 0.6) is 0 Å². The van der Waals surface area contributed by atoms with Crippen LogP contribution in [0.15, 0.2) is 42.9 Å². The second-order valence-corrected chi connectivity index (χ2v) is 7.57. The van der Waals surface area contributed by atoms with Gasteiger partial charge in [0.1, 0.15) is 17.8 Å². The first-order valence-corrected chi connectivity index (χ1v) is 9.57. The predicted molar refractivity (Wildman–Crippen MR) is 104 cm³/mol. The summed E-state index contributed by atoms with van der Waals surface area (Å²) in [5, 5.41) is 1.06. The summed E-state index contributed by atoms with van der Waals surface area (Å²) in [6, 6.07) is 10.5. The van der Waals surface area contributed by atoms with Crippen LogP contribution in [-0.4, -0.2) is 45.0 Å². The molecule has 2 aliphatic heterocycles. The summed E-state index contributed by atoms with van der Waals surface area (Å²) in [6.07, 6.45) is 5.46. The van der Waals surface area contributed by atoms with E-state index >= 15 is 0 Å². The van der Waals surface area contributed by atoms with Gasteiger partial charge in [0.25, 0.3) is 0 Å². The topological polar surface area (TPSA) is 54.3 Å². The van der Waals surface area contributed by atoms with Gasteiger partial charge < -0.3 is 14.4 Å². The largest absolute Gasteiger partial charge is 0.355 e. The molecule has 6 heteroatoms. The zero-order valence-corrected chi connectivity index (χ0v) is 15.5. The number of hydrogen-bond donors (Lipinski definition) is 0. The van der Waals surface area contributed by atoms with Crippen molar-refractivity contribution in [1.82, 2.24) is 19.4 Å². The average Bonchev–Trinajstić information content (AvgIpc) is 3.34. The molecule has 1 saturated heterocycles. The van der Waals surface area contributed by atoms with Gasteiger partial charge in [-0.1, -0.05) is 24.3 Å². The summed E-state index contributed by atoms with van der Waals surface area (Å²) in [6.45, 7) is 3.16. The standard InChI is InChI=1S/C21H23N5O/c1-24-9-8-18-19(24)22-14-23-20(18)25-10-7-17(13-25)21(27)26-11-6-15-4-2-3-5-16(15)12-26/h2-5,8-9,14,17H,6-7,10-13H2,1H3. The minimum absolute atomic E-state index is 0.0454. The highest BCUT2D eigenvalue weighted by molar-refractivity contribution is 5.88. The third-order valence-electron chi connectivity index (χ3n) is 5.92. The first-order valence-electron chi connectivity index (χ1n) is 9.57. The molecular formula is C21H23N5O. The van der Waals surface area contributed by atoms with Crippen LogP contribution in [0.1, 0.15) is 17.5 Å². The summed E-state index contributed by atoms with van der Waals surface area (Å²) < 4.78 is 2.00. The Morgan fingerprint density at radius 1 is 1.11 bits per heavy atom. The van der Waals surface area contributed by atoms with E-state index in [0.29, 0.717) is 0 Å². The van der Waals surface area contributed by atoms with Crippen molar-refractivity contribution in [2.75, 3.05) is 24.5 Å². The van der Waals surface area contributed by atoms with E-state index in [1.54, 1.807) is 6.33 Å². The first kappa shape index (κ1) is 16.3. The smallest absolute Gasteiger partial charge is 0.227 e. The fourth-order valence-electron chi connectivity index (χ4n) is 4.41. The van der Waals surface area contributed by atoms with Crippen molar-refractivity contribution < 1.29 is 4.79 Å². The molecule has 0 radical (unpaired) electrons. The quantitative estimate of drug-likeness (QED) is 0.703. The monoisotopic (exact) mass is 361 g/mol. The Hall–Kier alpha value is -2.89. The lowest BCUT2D eigenvalue weighted by Crippen LogP contribution is -2.40. The molecule has 1 aromatic carbocycles. The number of benzene rings is 1. The van der Waals surface area contributed by atoms with Gasteiger partial charge in [-0.2, -0.15) is 0 Å². The normalized spacial score (nSPS) is 19.5. The summed E-state index contributed by atoms with van der Waals surface area (Å²) in [5.74, 6) is 1.27. The highest BCUT2D eigenvalue weighted by Gasteiger charge is 2.33. The third kappa shape index (κ3) is 2.76. The molecule has 4 heterocycles. The van der Waals surface area contributed by atoms with E-state index in [1.807, 2.05) is 22.7 Å². The number of amides is 1. The minimum atomic E-state index is 0.0454. The van der Waals surface area contributed by atoms with E-state index in [2.05, 4.69) is 45.2 Å². The highest BCUT2D eigenvalue weighted by atomic mass is 16.2. The average molecular weight is 361 g/mol. The molecule has 1 unspecified atom stereocenters. The van der Waals surface area contributed by atoms with Crippen LogP contribution in [0.3, 0.4) is 0 Å². The van der Waals surface area contributed by atoms with Crippen LogP contribution in [0.2, 0.25) is 0 Å². The first-order chi connectivity index (χ1) is 13.2. The van der Waals surface area contributed by atoms with E-state index in [0.717, 1.165) is 55.9 Å². The number of aryl methyl sites for hydroxylation is 1. The van der Waals surface area contributed by atoms with Crippen LogP contribution in [0, 0.1) is 5.92 Å². The van der Waals surface area contributed by atoms with Crippen LogP contribution in [0.25, 0.3) is 11.0 Å². The van der Waals surface area contributed by atoms with Crippen molar-refractivity contribution >= 4 is 22.8 Å². The van der Waals surface area contributed by atoms with E-state index in [9.17, 15) is 4.79 Å². The summed E-state index contributed by atoms with van der Waals surface area (Å²) in [7, 11) is 1.99. The number of aromatic nitrogens is 3. The van der Waals surface area contributed by atoms with Crippen LogP contribution in [0.4, 0.5) is 5.82 Å². The second kappa shape index (κ2) is 6.37. The van der Waals surface area contributed by atoms with Crippen LogP contribution in [-0.2, 0) is 24.8 Å². The molecule has 2 aliphatic rings. The molecule has 0 saturated carbocycles. The number of carbonyl (C=O) groups excluding carboxylic acids is 1. The van der Waals surface area contributed by atoms with Crippen molar-refractivity contribution in [3.05, 3.63) is 54.0 Å². The van der Waals surface area contributed by atoms with Gasteiger partial charge >= 0.3 is 0 Å². The molecule has 0 spiro atoms. The van der Waals surface area contributed by atoms with Gasteiger partial charge in [-0.25, -0.2) is 9.97 Å². The lowest BCUT2D eigenvalue weighted by molar-refractivity contribution is -0.135. The van der Waals surface area contributed by atoms with Crippen molar-refractivity contribution in [3.8, 4) is 0 Å². The van der Waals surface area contributed by atoms with Gasteiger partial charge in [0.15, 0.2) is 0 Å². The fourth-order valence-corrected chi connectivity index (χ4v) is 4.41. The number of fused-ring (bicyclic) bond motifs is 2. The van der Waals surface area contributed by atoms with E-state index in [4.69, 9.17) is 0 Å². The van der Waals surface area contributed by atoms with Gasteiger partial charge in [0.2, 0.25) is 5.91 Å². The lowest BCUT2D eigenvalue weighted by atomic mass is 9.98. The van der Waals surface area contributed by atoms with E-state index < -0.39 is 0 Å². The third-order valence-corrected chi connectivity index (χ3v) is 5.92. The Balaban J connectivity index is 1.33. The van der Waals surface area contributed by atoms with Gasteiger partial charge in [-0.05, 0) is 30.0 Å². The number of nitrogens with zero attached hydrogens (tertiary/aromatic N) is 5. The molecule has 1 amide bonds. The summed E-state index contributed by atoms with van der Waals surface area (Å²) in [4.78, 5) is 26.3. The van der Waals surface area contributed by atoms with Crippen LogP contribution >= 0.6 is 0 Å². The Morgan fingerprint density at radius 3 is 2.85 bits per heavy atom. The second-order valence-electron chi connectivity index (χ2n) is 7.57. The zero-order chi connectivity index (χ0) is 18.4. The maximum absolute atomic E-state index is 13.1. The lowest BCUT2D eigenvalue weighted by Gasteiger charge is -2.31. The molecule has 138 valence electrons. The molecule has 27 heavy (non-hydrogen) atoms. The number of carbonyl (C=O) groups is 1. The molecule has 1 atom stereocenters. The SMILES string of the molecule is Cn1ccc2c(N3CCC(C(=O)N4CCc5ccccc5C4)C3)ncnc21. The Morgan fingerprint density at radius 2 is 1.96 bits per heavy atom. The van der Waals surface area contributed by atoms with Gasteiger partial charge in [-0.15, -0.1) is 0 Å². The van der Waals surface area contributed by atoms with Crippen molar-refractivity contribution in [1.29, 1.82) is 0 Å². The Labute approximate surface area is 158 Å². The molecular weight excluding hydrogens is 338 g/mol. The van der Waals surface area contributed by atoms with E-state index in [1.165, 1.54) is 11.1 Å². The summed E-state index contributed by atoms with van der Waals surface area (Å²) in [5.41, 5.74) is 3.60. The van der Waals surface area contributed by atoms with E-state index in [-0.39, 0.29) is 11.8 Å². The fraction of sp³-hybridized carbons (Fsp3) is 0.381. The maximum Gasteiger partial charge on any atom is 0.227 e. The number of hydrogen-bond acceptors (Lipinski definition) is 4. The van der Waals surface area contributed by atoms with Crippen LogP contribution < -0.4 is 4.90 Å². The molecule has 0 aliphatic carbocycles. The van der Waals surface area contributed by atoms with Gasteiger partial charge in [0.05, 0.1) is 11.3 Å². The molecule has 1 fully saturated rings. The molecule has 5 rings (SSSR count). The molecule has 0 N–H and O–H groups in total. The van der Waals surface area contributed by atoms with Gasteiger partial charge in [-0.3, -0.25) is 4.79 Å². The molecule has 3 aromatic rings. The Bertz CT molecular complexity index is 1010. The van der Waals surface area contributed by atoms with Crippen molar-refractivity contribution in [2.45, 2.75) is 19.4 Å². The highest BCUT2D eigenvalue weighted by Crippen LogP contribution is 2.30. The summed E-state index contributed by atoms with van der Waals surface area (Å²) >= 11 is 0. The molecule has 6 nitrogen and oxygen atoms in total. The van der Waals surface area contributed by atoms with Crippen molar-refractivity contribution in [3.63, 3.8) is 0 Å². The molecule has 0 bridgehead atoms. The number of anilines is 1. The maximum atomic E-state index is 13.1. The predicted octanol–water partition coefficient (Wildman–Crippen LogP) is 2.38. The zero-order valence-electron chi connectivity index (χ0n) is 15.5. The number of rotatable bonds is 2. The Kier molecular flexibility index (Phi) is 3.85. The van der Waals surface area contributed by atoms with Gasteiger partial charge in [0, 0.05) is 39.4 Å².